The smallest absolute Gasteiger partial charge is 0.471 e. The van der Waals surface area contributed by atoms with Gasteiger partial charge >= 0.3 is 18.1 Å². The van der Waals surface area contributed by atoms with Gasteiger partial charge < -0.3 is 5.11 Å². The second-order valence-electron chi connectivity index (χ2n) is 4.88. The molecule has 0 saturated heterocycles. The lowest BCUT2D eigenvalue weighted by atomic mass is 10.2. The summed E-state index contributed by atoms with van der Waals surface area (Å²) in [7, 11) is 0. The van der Waals surface area contributed by atoms with Gasteiger partial charge in [-0.1, -0.05) is 6.07 Å². The van der Waals surface area contributed by atoms with Crippen molar-refractivity contribution in [1.29, 1.82) is 0 Å². The van der Waals surface area contributed by atoms with Gasteiger partial charge in [0.1, 0.15) is 0 Å². The minimum Gasteiger partial charge on any atom is -0.478 e. The molecule has 2 aromatic heterocycles. The summed E-state index contributed by atoms with van der Waals surface area (Å²) in [5.41, 5.74) is -1.47. The van der Waals surface area contributed by atoms with E-state index in [2.05, 4.69) is 15.2 Å². The fraction of sp³-hybridized carbons (Fsp3) is 0.0769. The van der Waals surface area contributed by atoms with Gasteiger partial charge in [-0.25, -0.2) is 4.79 Å². The monoisotopic (exact) mass is 368 g/mol. The predicted molar refractivity (Wildman–Crippen MR) is 78.9 cm³/mol. The number of fused-ring (bicyclic) bond motifs is 1. The van der Waals surface area contributed by atoms with Crippen LogP contribution in [-0.2, 0) is 4.79 Å². The van der Waals surface area contributed by atoms with E-state index in [4.69, 9.17) is 5.11 Å². The van der Waals surface area contributed by atoms with Gasteiger partial charge in [-0.05, 0) is 18.2 Å². The van der Waals surface area contributed by atoms with E-state index >= 15 is 0 Å². The fourth-order valence-corrected chi connectivity index (χ4v) is 1.94. The van der Waals surface area contributed by atoms with E-state index in [1.54, 1.807) is 0 Å². The molecule has 0 bridgehead atoms. The third-order valence-corrected chi connectivity index (χ3v) is 3.07. The van der Waals surface area contributed by atoms with E-state index in [-0.39, 0.29) is 22.4 Å². The number of hydrogen-bond donors (Lipinski definition) is 3. The molecule has 0 radical (unpaired) electrons. The zero-order valence-electron chi connectivity index (χ0n) is 12.4. The summed E-state index contributed by atoms with van der Waals surface area (Å²) in [6.07, 6.45) is -5.16. The zero-order chi connectivity index (χ0) is 19.1. The molecule has 3 N–H and O–H groups in total. The molecule has 0 aliphatic carbocycles. The number of H-pyrrole nitrogens is 1. The third-order valence-electron chi connectivity index (χ3n) is 3.07. The normalized spacial score (nSPS) is 11.5. The number of carbonyl (C=O) groups excluding carboxylic acids is 1. The Hall–Kier alpha value is -3.77. The molecule has 3 rings (SSSR count). The molecule has 0 aliphatic rings. The summed E-state index contributed by atoms with van der Waals surface area (Å²) in [4.78, 5) is 40.2. The van der Waals surface area contributed by atoms with Crippen LogP contribution in [0.2, 0.25) is 0 Å². The van der Waals surface area contributed by atoms with Crippen LogP contribution >= 0.6 is 0 Å². The molecule has 10 nitrogen and oxygen atoms in total. The molecule has 1 aromatic carbocycles. The van der Waals surface area contributed by atoms with Crippen molar-refractivity contribution in [3.63, 3.8) is 0 Å². The topological polar surface area (TPSA) is 143 Å². The summed E-state index contributed by atoms with van der Waals surface area (Å²) in [5, 5.41) is 18.0. The van der Waals surface area contributed by atoms with Gasteiger partial charge in [0.2, 0.25) is 11.6 Å². The molecule has 0 aliphatic heterocycles. The molecule has 13 heteroatoms. The maximum atomic E-state index is 12.3. The lowest BCUT2D eigenvalue weighted by Gasteiger charge is -2.05. The van der Waals surface area contributed by atoms with Gasteiger partial charge in [-0.15, -0.1) is 15.0 Å². The Labute approximate surface area is 140 Å². The lowest BCUT2D eigenvalue weighted by molar-refractivity contribution is -0.167. The number of aromatic amines is 1. The number of amides is 1. The van der Waals surface area contributed by atoms with Crippen molar-refractivity contribution >= 4 is 29.0 Å². The van der Waals surface area contributed by atoms with Crippen LogP contribution in [0.5, 0.6) is 0 Å². The highest BCUT2D eigenvalue weighted by Gasteiger charge is 2.39. The summed E-state index contributed by atoms with van der Waals surface area (Å²) in [5.74, 6) is -4.27. The van der Waals surface area contributed by atoms with Crippen LogP contribution in [0.25, 0.3) is 16.9 Å². The number of halogens is 3. The zero-order valence-corrected chi connectivity index (χ0v) is 12.4. The maximum Gasteiger partial charge on any atom is 0.471 e. The van der Waals surface area contributed by atoms with Crippen LogP contribution in [0.4, 0.5) is 19.1 Å². The van der Waals surface area contributed by atoms with Crippen LogP contribution in [0.15, 0.2) is 29.1 Å². The Bertz CT molecular complexity index is 1090. The van der Waals surface area contributed by atoms with E-state index in [0.29, 0.717) is 0 Å². The van der Waals surface area contributed by atoms with E-state index in [0.717, 1.165) is 4.80 Å². The highest BCUT2D eigenvalue weighted by atomic mass is 19.4. The molecule has 2 heterocycles. The Morgan fingerprint density at radius 3 is 2.62 bits per heavy atom. The Morgan fingerprint density at radius 1 is 1.23 bits per heavy atom. The first-order chi connectivity index (χ1) is 12.1. The number of carboxylic acid groups (broad SMARTS) is 1. The average molecular weight is 368 g/mol. The minimum atomic E-state index is -5.16. The summed E-state index contributed by atoms with van der Waals surface area (Å²) in [6, 6.07) is 5.41. The minimum absolute atomic E-state index is 0.0659. The van der Waals surface area contributed by atoms with Crippen molar-refractivity contribution in [3.8, 4) is 5.69 Å². The number of hydrogen-bond acceptors (Lipinski definition) is 6. The fourth-order valence-electron chi connectivity index (χ4n) is 1.94. The van der Waals surface area contributed by atoms with Crippen LogP contribution in [0.1, 0.15) is 10.4 Å². The number of nitrogens with zero attached hydrogens (tertiary/aromatic N) is 4. The first-order valence-corrected chi connectivity index (χ1v) is 6.74. The van der Waals surface area contributed by atoms with Crippen molar-refractivity contribution < 1.29 is 27.9 Å². The number of rotatable bonds is 3. The van der Waals surface area contributed by atoms with Crippen LogP contribution in [0, 0.1) is 0 Å². The molecule has 0 atom stereocenters. The van der Waals surface area contributed by atoms with Crippen LogP contribution in [0.3, 0.4) is 0 Å². The number of aromatic nitrogens is 5. The SMILES string of the molecule is O=C(O)c1cccc(-n2nc3nc(NC(=O)C(F)(F)F)[nH]c(=O)c3n2)c1. The second kappa shape index (κ2) is 5.94. The molecule has 26 heavy (non-hydrogen) atoms. The molecular weight excluding hydrogens is 361 g/mol. The van der Waals surface area contributed by atoms with E-state index in [1.165, 1.54) is 29.6 Å². The summed E-state index contributed by atoms with van der Waals surface area (Å²) < 4.78 is 36.8. The van der Waals surface area contributed by atoms with Crippen LogP contribution in [-0.4, -0.2) is 48.1 Å². The van der Waals surface area contributed by atoms with E-state index < -0.39 is 29.6 Å². The van der Waals surface area contributed by atoms with E-state index in [9.17, 15) is 27.6 Å². The molecule has 134 valence electrons. The quantitative estimate of drug-likeness (QED) is 0.617. The Morgan fingerprint density at radius 2 is 1.96 bits per heavy atom. The largest absolute Gasteiger partial charge is 0.478 e. The molecule has 3 aromatic rings. The maximum absolute atomic E-state index is 12.3. The van der Waals surface area contributed by atoms with E-state index in [1.807, 2.05) is 4.98 Å². The number of aromatic carboxylic acids is 1. The number of benzene rings is 1. The van der Waals surface area contributed by atoms with Crippen molar-refractivity contribution in [2.75, 3.05) is 5.32 Å². The third kappa shape index (κ3) is 3.22. The van der Waals surface area contributed by atoms with Crippen molar-refractivity contribution in [3.05, 3.63) is 40.2 Å². The highest BCUT2D eigenvalue weighted by molar-refractivity contribution is 5.93. The second-order valence-corrected chi connectivity index (χ2v) is 4.88. The van der Waals surface area contributed by atoms with Gasteiger partial charge in [0.25, 0.3) is 5.56 Å². The summed E-state index contributed by atoms with van der Waals surface area (Å²) >= 11 is 0. The van der Waals surface area contributed by atoms with Gasteiger partial charge in [0.05, 0.1) is 11.3 Å². The summed E-state index contributed by atoms with van der Waals surface area (Å²) in [6.45, 7) is 0. The number of carbonyl (C=O) groups is 2. The molecular formula is C13H7F3N6O4. The van der Waals surface area contributed by atoms with Crippen LogP contribution < -0.4 is 10.9 Å². The number of alkyl halides is 3. The van der Waals surface area contributed by atoms with Crippen molar-refractivity contribution in [1.82, 2.24) is 25.0 Å². The molecule has 0 saturated carbocycles. The highest BCUT2D eigenvalue weighted by Crippen LogP contribution is 2.17. The van der Waals surface area contributed by atoms with Gasteiger partial charge in [-0.2, -0.15) is 18.2 Å². The molecule has 0 unspecified atom stereocenters. The first-order valence-electron chi connectivity index (χ1n) is 6.74. The molecule has 0 fully saturated rings. The Kier molecular flexibility index (Phi) is 3.90. The average Bonchev–Trinajstić information content (AvgIpc) is 2.98. The number of anilines is 1. The van der Waals surface area contributed by atoms with Gasteiger partial charge in [0.15, 0.2) is 5.52 Å². The number of carboxylic acids is 1. The predicted octanol–water partition coefficient (Wildman–Crippen LogP) is 0.703. The lowest BCUT2D eigenvalue weighted by Crippen LogP contribution is -2.31. The van der Waals surface area contributed by atoms with Gasteiger partial charge in [0, 0.05) is 0 Å². The van der Waals surface area contributed by atoms with Crippen molar-refractivity contribution in [2.45, 2.75) is 6.18 Å². The molecule has 1 amide bonds. The van der Waals surface area contributed by atoms with Gasteiger partial charge in [-0.3, -0.25) is 19.9 Å². The first kappa shape index (κ1) is 17.1. The Balaban J connectivity index is 2.03. The standard InChI is InChI=1S/C13H7F3N6O4/c14-13(15,16)11(26)19-12-17-8-7(9(23)18-12)20-22(21-8)6-3-1-2-5(4-6)10(24)25/h1-4H,(H,24,25)(H2,17,18,19,21,23,26). The van der Waals surface area contributed by atoms with Crippen molar-refractivity contribution in [2.24, 2.45) is 0 Å². The molecule has 0 spiro atoms. The number of nitrogens with one attached hydrogen (secondary N) is 2.